The fourth-order valence-corrected chi connectivity index (χ4v) is 2.61. The summed E-state index contributed by atoms with van der Waals surface area (Å²) < 4.78 is 0. The number of nitrogens with zero attached hydrogens (tertiary/aromatic N) is 1. The van der Waals surface area contributed by atoms with Gasteiger partial charge in [-0.3, -0.25) is 4.79 Å². The second kappa shape index (κ2) is 7.07. The van der Waals surface area contributed by atoms with E-state index in [4.69, 9.17) is 17.3 Å². The van der Waals surface area contributed by atoms with E-state index < -0.39 is 0 Å². The van der Waals surface area contributed by atoms with Gasteiger partial charge < -0.3 is 16.0 Å². The lowest BCUT2D eigenvalue weighted by Gasteiger charge is -2.34. The van der Waals surface area contributed by atoms with E-state index in [9.17, 15) is 4.79 Å². The second-order valence-electron chi connectivity index (χ2n) is 5.54. The lowest BCUT2D eigenvalue weighted by molar-refractivity contribution is -0.116. The quantitative estimate of drug-likeness (QED) is 0.896. The highest BCUT2D eigenvalue weighted by Gasteiger charge is 2.23. The standard InChI is InChI=1S/C15H22ClN3O/c1-11-5-7-19(10-14(11)17)8-6-15(20)18-13-4-2-3-12(16)9-13/h2-4,9,11,14H,5-8,10,17H2,1H3,(H,18,20). The number of piperidine rings is 1. The van der Waals surface area contributed by atoms with Crippen LogP contribution in [0, 0.1) is 5.92 Å². The SMILES string of the molecule is CC1CCN(CCC(=O)Nc2cccc(Cl)c2)CC1N. The summed E-state index contributed by atoms with van der Waals surface area (Å²) in [7, 11) is 0. The Morgan fingerprint density at radius 1 is 1.55 bits per heavy atom. The van der Waals surface area contributed by atoms with Crippen molar-refractivity contribution in [2.24, 2.45) is 11.7 Å². The van der Waals surface area contributed by atoms with Gasteiger partial charge in [-0.15, -0.1) is 0 Å². The summed E-state index contributed by atoms with van der Waals surface area (Å²) in [5.41, 5.74) is 6.80. The molecular formula is C15H22ClN3O. The molecule has 1 aliphatic rings. The van der Waals surface area contributed by atoms with E-state index in [1.54, 1.807) is 12.1 Å². The maximum absolute atomic E-state index is 11.9. The smallest absolute Gasteiger partial charge is 0.225 e. The van der Waals surface area contributed by atoms with Crippen molar-refractivity contribution in [1.29, 1.82) is 0 Å². The number of likely N-dealkylation sites (tertiary alicyclic amines) is 1. The molecule has 110 valence electrons. The van der Waals surface area contributed by atoms with Crippen LogP contribution in [0.5, 0.6) is 0 Å². The number of benzene rings is 1. The molecular weight excluding hydrogens is 274 g/mol. The van der Waals surface area contributed by atoms with E-state index >= 15 is 0 Å². The molecule has 2 atom stereocenters. The molecule has 1 fully saturated rings. The molecule has 1 saturated heterocycles. The van der Waals surface area contributed by atoms with E-state index in [-0.39, 0.29) is 11.9 Å². The van der Waals surface area contributed by atoms with Crippen LogP contribution in [0.2, 0.25) is 5.02 Å². The highest BCUT2D eigenvalue weighted by atomic mass is 35.5. The minimum absolute atomic E-state index is 0.0134. The van der Waals surface area contributed by atoms with Gasteiger partial charge in [-0.25, -0.2) is 0 Å². The maximum Gasteiger partial charge on any atom is 0.225 e. The number of halogens is 1. The highest BCUT2D eigenvalue weighted by Crippen LogP contribution is 2.17. The minimum Gasteiger partial charge on any atom is -0.326 e. The molecule has 2 rings (SSSR count). The molecule has 1 aliphatic heterocycles. The summed E-state index contributed by atoms with van der Waals surface area (Å²) in [4.78, 5) is 14.2. The van der Waals surface area contributed by atoms with E-state index in [0.29, 0.717) is 17.4 Å². The van der Waals surface area contributed by atoms with Gasteiger partial charge in [0.1, 0.15) is 0 Å². The van der Waals surface area contributed by atoms with Crippen LogP contribution in [0.3, 0.4) is 0 Å². The Hall–Kier alpha value is -1.10. The molecule has 1 amide bonds. The molecule has 5 heteroatoms. The zero-order chi connectivity index (χ0) is 14.5. The zero-order valence-electron chi connectivity index (χ0n) is 11.8. The molecule has 20 heavy (non-hydrogen) atoms. The summed E-state index contributed by atoms with van der Waals surface area (Å²) in [6.45, 7) is 4.85. The highest BCUT2D eigenvalue weighted by molar-refractivity contribution is 6.30. The van der Waals surface area contributed by atoms with Crippen LogP contribution < -0.4 is 11.1 Å². The number of nitrogens with two attached hydrogens (primary N) is 1. The summed E-state index contributed by atoms with van der Waals surface area (Å²) in [6.07, 6.45) is 1.59. The van der Waals surface area contributed by atoms with Crippen LogP contribution in [0.25, 0.3) is 0 Å². The maximum atomic E-state index is 11.9. The number of carbonyl (C=O) groups is 1. The lowest BCUT2D eigenvalue weighted by atomic mass is 9.94. The Bertz CT molecular complexity index is 466. The van der Waals surface area contributed by atoms with Crippen LogP contribution >= 0.6 is 11.6 Å². The fraction of sp³-hybridized carbons (Fsp3) is 0.533. The Balaban J connectivity index is 1.75. The molecule has 3 N–H and O–H groups in total. The van der Waals surface area contributed by atoms with Gasteiger partial charge in [0.2, 0.25) is 5.91 Å². The third-order valence-corrected chi connectivity index (χ3v) is 4.10. The van der Waals surface area contributed by atoms with Crippen molar-refractivity contribution >= 4 is 23.2 Å². The van der Waals surface area contributed by atoms with Crippen molar-refractivity contribution < 1.29 is 4.79 Å². The number of hydrogen-bond donors (Lipinski definition) is 2. The predicted molar refractivity (Wildman–Crippen MR) is 82.9 cm³/mol. The lowest BCUT2D eigenvalue weighted by Crippen LogP contribution is -2.48. The Morgan fingerprint density at radius 3 is 3.05 bits per heavy atom. The monoisotopic (exact) mass is 295 g/mol. The summed E-state index contributed by atoms with van der Waals surface area (Å²) in [5, 5.41) is 3.48. The molecule has 0 saturated carbocycles. The largest absolute Gasteiger partial charge is 0.326 e. The van der Waals surface area contributed by atoms with Gasteiger partial charge in [-0.2, -0.15) is 0 Å². The third kappa shape index (κ3) is 4.47. The first kappa shape index (κ1) is 15.3. The van der Waals surface area contributed by atoms with E-state index in [1.807, 2.05) is 12.1 Å². The van der Waals surface area contributed by atoms with Gasteiger partial charge in [0.15, 0.2) is 0 Å². The first-order valence-electron chi connectivity index (χ1n) is 7.08. The Morgan fingerprint density at radius 2 is 2.35 bits per heavy atom. The van der Waals surface area contributed by atoms with Crippen LogP contribution in [-0.2, 0) is 4.79 Å². The number of carbonyl (C=O) groups excluding carboxylic acids is 1. The van der Waals surface area contributed by atoms with Crippen LogP contribution in [0.4, 0.5) is 5.69 Å². The van der Waals surface area contributed by atoms with Gasteiger partial charge in [-0.1, -0.05) is 24.6 Å². The zero-order valence-corrected chi connectivity index (χ0v) is 12.6. The molecule has 0 aromatic heterocycles. The van der Waals surface area contributed by atoms with Crippen LogP contribution in [0.1, 0.15) is 19.8 Å². The molecule has 0 spiro atoms. The van der Waals surface area contributed by atoms with Crippen molar-refractivity contribution in [2.45, 2.75) is 25.8 Å². The third-order valence-electron chi connectivity index (χ3n) is 3.86. The van der Waals surface area contributed by atoms with Crippen molar-refractivity contribution in [3.05, 3.63) is 29.3 Å². The molecule has 0 aliphatic carbocycles. The van der Waals surface area contributed by atoms with Crippen LogP contribution in [0.15, 0.2) is 24.3 Å². The van der Waals surface area contributed by atoms with Gasteiger partial charge in [0.25, 0.3) is 0 Å². The topological polar surface area (TPSA) is 58.4 Å². The first-order valence-corrected chi connectivity index (χ1v) is 7.46. The number of hydrogen-bond acceptors (Lipinski definition) is 3. The summed E-state index contributed by atoms with van der Waals surface area (Å²) >= 11 is 5.88. The number of amides is 1. The van der Waals surface area contributed by atoms with Gasteiger partial charge >= 0.3 is 0 Å². The molecule has 1 aromatic rings. The van der Waals surface area contributed by atoms with Crippen molar-refractivity contribution in [2.75, 3.05) is 25.0 Å². The normalized spacial score (nSPS) is 23.6. The van der Waals surface area contributed by atoms with Gasteiger partial charge in [0.05, 0.1) is 0 Å². The predicted octanol–water partition coefficient (Wildman–Crippen LogP) is 2.34. The van der Waals surface area contributed by atoms with Gasteiger partial charge in [-0.05, 0) is 37.1 Å². The molecule has 0 bridgehead atoms. The molecule has 1 aromatic carbocycles. The summed E-state index contributed by atoms with van der Waals surface area (Å²) in [5.74, 6) is 0.589. The van der Waals surface area contributed by atoms with Crippen molar-refractivity contribution in [3.8, 4) is 0 Å². The minimum atomic E-state index is 0.0134. The van der Waals surface area contributed by atoms with E-state index in [0.717, 1.165) is 31.7 Å². The molecule has 1 heterocycles. The average molecular weight is 296 g/mol. The van der Waals surface area contributed by atoms with E-state index in [2.05, 4.69) is 17.1 Å². The number of rotatable bonds is 4. The fourth-order valence-electron chi connectivity index (χ4n) is 2.42. The van der Waals surface area contributed by atoms with Gasteiger partial charge in [0, 0.05) is 36.3 Å². The molecule has 2 unspecified atom stereocenters. The first-order chi connectivity index (χ1) is 9.54. The Labute approximate surface area is 125 Å². The second-order valence-corrected chi connectivity index (χ2v) is 5.98. The number of nitrogens with one attached hydrogen (secondary N) is 1. The van der Waals surface area contributed by atoms with Crippen LogP contribution in [-0.4, -0.2) is 36.5 Å². The molecule has 4 nitrogen and oxygen atoms in total. The van der Waals surface area contributed by atoms with Crippen molar-refractivity contribution in [3.63, 3.8) is 0 Å². The van der Waals surface area contributed by atoms with Crippen molar-refractivity contribution in [1.82, 2.24) is 4.90 Å². The summed E-state index contributed by atoms with van der Waals surface area (Å²) in [6, 6.07) is 7.41. The van der Waals surface area contributed by atoms with E-state index in [1.165, 1.54) is 0 Å². The number of anilines is 1. The Kier molecular flexibility index (Phi) is 5.40. The average Bonchev–Trinajstić information content (AvgIpc) is 2.40. The molecule has 0 radical (unpaired) electrons.